The van der Waals surface area contributed by atoms with Gasteiger partial charge in [0.05, 0.1) is 0 Å². The first-order valence-corrected chi connectivity index (χ1v) is 6.55. The standard InChI is InChI=1S/C11H12ClN5.CH2O3.Na/c1-6-4-9(15-11(12)13-6)14-10-5-8(16-17-10)7-2-3-7;2-1(3)4;/h4-5,7H,2-3H2,1H3,(H2,13,14,15,16,17);(H2,2,3,4);/q;;+1/p-1. The van der Waals surface area contributed by atoms with Crippen molar-refractivity contribution in [2.24, 2.45) is 0 Å². The topological polar surface area (TPSA) is 127 Å². The van der Waals surface area contributed by atoms with E-state index in [-0.39, 0.29) is 34.8 Å². The summed E-state index contributed by atoms with van der Waals surface area (Å²) >= 11 is 5.79. The Bertz CT molecular complexity index is 623. The van der Waals surface area contributed by atoms with Crippen molar-refractivity contribution in [3.63, 3.8) is 0 Å². The molecule has 0 aliphatic heterocycles. The summed E-state index contributed by atoms with van der Waals surface area (Å²) in [6, 6.07) is 3.85. The smallest absolute Gasteiger partial charge is 0.565 e. The molecule has 1 aliphatic rings. The average Bonchev–Trinajstić information content (AvgIpc) is 3.09. The molecule has 8 nitrogen and oxygen atoms in total. The Balaban J connectivity index is 0.000000436. The molecule has 0 amide bonds. The summed E-state index contributed by atoms with van der Waals surface area (Å²) in [5.74, 6) is 2.09. The van der Waals surface area contributed by atoms with E-state index < -0.39 is 6.16 Å². The number of halogens is 1. The molecule has 112 valence electrons. The van der Waals surface area contributed by atoms with Gasteiger partial charge in [0, 0.05) is 29.4 Å². The molecule has 2 aromatic rings. The Kier molecular flexibility index (Phi) is 7.08. The zero-order chi connectivity index (χ0) is 15.4. The molecule has 0 radical (unpaired) electrons. The van der Waals surface area contributed by atoms with Gasteiger partial charge < -0.3 is 20.3 Å². The van der Waals surface area contributed by atoms with Crippen molar-refractivity contribution in [3.8, 4) is 0 Å². The fourth-order valence-corrected chi connectivity index (χ4v) is 1.96. The summed E-state index contributed by atoms with van der Waals surface area (Å²) in [6.07, 6.45) is 0.417. The van der Waals surface area contributed by atoms with Gasteiger partial charge in [-0.25, -0.2) is 9.97 Å². The van der Waals surface area contributed by atoms with E-state index in [1.165, 1.54) is 18.5 Å². The summed E-state index contributed by atoms with van der Waals surface area (Å²) in [5, 5.41) is 25.9. The predicted molar refractivity (Wildman–Crippen MR) is 73.6 cm³/mol. The third kappa shape index (κ3) is 6.18. The number of H-pyrrole nitrogens is 1. The first-order valence-electron chi connectivity index (χ1n) is 6.17. The normalized spacial score (nSPS) is 12.6. The Labute approximate surface area is 153 Å². The number of nitrogens with one attached hydrogen (secondary N) is 2. The fraction of sp³-hybridized carbons (Fsp3) is 0.333. The molecule has 1 fully saturated rings. The van der Waals surface area contributed by atoms with Gasteiger partial charge in [-0.15, -0.1) is 0 Å². The minimum Gasteiger partial charge on any atom is -0.565 e. The first kappa shape index (κ1) is 18.7. The Morgan fingerprint density at radius 3 is 2.59 bits per heavy atom. The number of rotatable bonds is 3. The van der Waals surface area contributed by atoms with E-state index in [9.17, 15) is 0 Å². The van der Waals surface area contributed by atoms with E-state index in [2.05, 4.69) is 25.5 Å². The number of carboxylic acid groups (broad SMARTS) is 2. The van der Waals surface area contributed by atoms with Crippen LogP contribution < -0.4 is 40.0 Å². The van der Waals surface area contributed by atoms with Crippen molar-refractivity contribution >= 4 is 29.4 Å². The maximum absolute atomic E-state index is 8.44. The summed E-state index contributed by atoms with van der Waals surface area (Å²) in [4.78, 5) is 16.5. The van der Waals surface area contributed by atoms with Crippen LogP contribution in [0.15, 0.2) is 12.1 Å². The van der Waals surface area contributed by atoms with Gasteiger partial charge in [-0.05, 0) is 31.4 Å². The van der Waals surface area contributed by atoms with Gasteiger partial charge in [0.1, 0.15) is 5.82 Å². The van der Waals surface area contributed by atoms with Crippen LogP contribution >= 0.6 is 11.6 Å². The van der Waals surface area contributed by atoms with E-state index >= 15 is 0 Å². The Morgan fingerprint density at radius 2 is 2.05 bits per heavy atom. The van der Waals surface area contributed by atoms with Gasteiger partial charge in [-0.3, -0.25) is 5.10 Å². The van der Waals surface area contributed by atoms with Gasteiger partial charge in [-0.2, -0.15) is 5.10 Å². The van der Waals surface area contributed by atoms with E-state index in [1.54, 1.807) is 0 Å². The minimum absolute atomic E-state index is 0. The molecule has 0 spiro atoms. The maximum Gasteiger partial charge on any atom is 1.00 e. The van der Waals surface area contributed by atoms with Crippen molar-refractivity contribution in [2.75, 3.05) is 5.32 Å². The van der Waals surface area contributed by atoms with E-state index in [0.29, 0.717) is 11.7 Å². The van der Waals surface area contributed by atoms with Gasteiger partial charge in [0.2, 0.25) is 11.4 Å². The van der Waals surface area contributed by atoms with Crippen LogP contribution in [0.25, 0.3) is 0 Å². The third-order valence-corrected chi connectivity index (χ3v) is 2.87. The number of aromatic amines is 1. The molecule has 2 aromatic heterocycles. The summed E-state index contributed by atoms with van der Waals surface area (Å²) in [6.45, 7) is 1.87. The molecule has 0 bridgehead atoms. The Hall–Kier alpha value is -1.35. The second kappa shape index (κ2) is 8.33. The molecule has 0 saturated heterocycles. The quantitative estimate of drug-likeness (QED) is 0.469. The summed E-state index contributed by atoms with van der Waals surface area (Å²) in [7, 11) is 0. The average molecular weight is 334 g/mol. The van der Waals surface area contributed by atoms with Gasteiger partial charge >= 0.3 is 29.6 Å². The number of aryl methyl sites for hydroxylation is 1. The molecule has 3 rings (SSSR count). The molecule has 1 aliphatic carbocycles. The number of hydrogen-bond acceptors (Lipinski definition) is 6. The molecular weight excluding hydrogens is 321 g/mol. The number of carbonyl (C=O) groups is 1. The molecule has 2 heterocycles. The minimum atomic E-state index is -2.08. The molecule has 22 heavy (non-hydrogen) atoms. The summed E-state index contributed by atoms with van der Waals surface area (Å²) in [5.41, 5.74) is 2.01. The number of aromatic nitrogens is 4. The van der Waals surface area contributed by atoms with Crippen molar-refractivity contribution < 1.29 is 44.6 Å². The maximum atomic E-state index is 8.44. The van der Waals surface area contributed by atoms with Gasteiger partial charge in [-0.1, -0.05) is 0 Å². The van der Waals surface area contributed by atoms with Crippen molar-refractivity contribution in [1.29, 1.82) is 0 Å². The molecule has 0 aromatic carbocycles. The van der Waals surface area contributed by atoms with Crippen molar-refractivity contribution in [2.45, 2.75) is 25.7 Å². The number of anilines is 2. The molecule has 0 atom stereocenters. The summed E-state index contributed by atoms with van der Waals surface area (Å²) < 4.78 is 0. The van der Waals surface area contributed by atoms with Crippen LogP contribution in [0.2, 0.25) is 5.28 Å². The van der Waals surface area contributed by atoms with Crippen LogP contribution in [0.1, 0.15) is 30.1 Å². The predicted octanol–water partition coefficient (Wildman–Crippen LogP) is -1.33. The number of nitrogens with zero attached hydrogens (tertiary/aromatic N) is 3. The van der Waals surface area contributed by atoms with Crippen molar-refractivity contribution in [3.05, 3.63) is 28.8 Å². The van der Waals surface area contributed by atoms with Crippen LogP contribution in [0, 0.1) is 6.92 Å². The second-order valence-electron chi connectivity index (χ2n) is 4.54. The zero-order valence-corrected chi connectivity index (χ0v) is 14.9. The van der Waals surface area contributed by atoms with Crippen LogP contribution in [0.5, 0.6) is 0 Å². The Morgan fingerprint density at radius 1 is 1.41 bits per heavy atom. The van der Waals surface area contributed by atoms with Crippen LogP contribution in [-0.4, -0.2) is 31.4 Å². The molecule has 10 heteroatoms. The number of hydrogen-bond donors (Lipinski definition) is 3. The zero-order valence-electron chi connectivity index (χ0n) is 12.1. The fourth-order valence-electron chi connectivity index (χ4n) is 1.73. The van der Waals surface area contributed by atoms with Crippen molar-refractivity contribution in [1.82, 2.24) is 20.2 Å². The van der Waals surface area contributed by atoms with Crippen LogP contribution in [0.3, 0.4) is 0 Å². The molecular formula is C12H13ClN5NaO3. The van der Waals surface area contributed by atoms with E-state index in [1.807, 2.05) is 19.1 Å². The molecule has 0 unspecified atom stereocenters. The van der Waals surface area contributed by atoms with Gasteiger partial charge in [0.15, 0.2) is 5.82 Å². The molecule has 3 N–H and O–H groups in total. The third-order valence-electron chi connectivity index (χ3n) is 2.70. The largest absolute Gasteiger partial charge is 1.00 e. The monoisotopic (exact) mass is 333 g/mol. The van der Waals surface area contributed by atoms with E-state index in [0.717, 1.165) is 11.5 Å². The van der Waals surface area contributed by atoms with E-state index in [4.69, 9.17) is 26.6 Å². The first-order chi connectivity index (χ1) is 9.94. The molecule has 1 saturated carbocycles. The second-order valence-corrected chi connectivity index (χ2v) is 4.88. The van der Waals surface area contributed by atoms with Crippen LogP contribution in [0.4, 0.5) is 16.4 Å². The van der Waals surface area contributed by atoms with Gasteiger partial charge in [0.25, 0.3) is 0 Å². The van der Waals surface area contributed by atoms with Crippen LogP contribution in [-0.2, 0) is 0 Å². The SMILES string of the molecule is Cc1cc(Nc2cc(C3CC3)[nH]n2)nc(Cl)n1.O=C([O-])O.[Na+].